The molecule has 0 unspecified atom stereocenters. The zero-order valence-corrected chi connectivity index (χ0v) is 9.37. The minimum atomic E-state index is 0.667. The van der Waals surface area contributed by atoms with Crippen molar-refractivity contribution in [3.63, 3.8) is 0 Å². The van der Waals surface area contributed by atoms with Crippen LogP contribution in [0, 0.1) is 11.3 Å². The van der Waals surface area contributed by atoms with Gasteiger partial charge in [-0.1, -0.05) is 6.92 Å². The summed E-state index contributed by atoms with van der Waals surface area (Å²) in [4.78, 5) is 4.84. The zero-order valence-electron chi connectivity index (χ0n) is 9.37. The van der Waals surface area contributed by atoms with Gasteiger partial charge in [-0.05, 0) is 39.5 Å². The summed E-state index contributed by atoms with van der Waals surface area (Å²) in [5.41, 5.74) is 0. The lowest BCUT2D eigenvalue weighted by Gasteiger charge is -2.36. The Morgan fingerprint density at radius 3 is 2.57 bits per heavy atom. The van der Waals surface area contributed by atoms with Gasteiger partial charge in [-0.25, -0.2) is 0 Å². The van der Waals surface area contributed by atoms with Crippen molar-refractivity contribution >= 4 is 0 Å². The maximum absolute atomic E-state index is 8.57. The molecule has 1 aliphatic heterocycles. The van der Waals surface area contributed by atoms with E-state index in [2.05, 4.69) is 29.8 Å². The van der Waals surface area contributed by atoms with Crippen LogP contribution in [0.5, 0.6) is 0 Å². The van der Waals surface area contributed by atoms with E-state index in [1.54, 1.807) is 0 Å². The van der Waals surface area contributed by atoms with Crippen LogP contribution in [0.25, 0.3) is 0 Å². The van der Waals surface area contributed by atoms with Crippen molar-refractivity contribution in [1.82, 2.24) is 9.80 Å². The second-order valence-electron chi connectivity index (χ2n) is 4.07. The first kappa shape index (κ1) is 11.5. The molecular weight excluding hydrogens is 174 g/mol. The van der Waals surface area contributed by atoms with Crippen LogP contribution in [0.2, 0.25) is 0 Å². The standard InChI is InChI=1S/C11H21N3/c1-3-14(8-4-7-12)11-5-9-13(2)10-6-11/h11H,3-6,8-10H2,1-2H3. The molecule has 3 nitrogen and oxygen atoms in total. The van der Waals surface area contributed by atoms with Gasteiger partial charge in [0.1, 0.15) is 0 Å². The first-order chi connectivity index (χ1) is 6.77. The van der Waals surface area contributed by atoms with Crippen molar-refractivity contribution in [2.24, 2.45) is 0 Å². The molecule has 1 heterocycles. The molecule has 14 heavy (non-hydrogen) atoms. The van der Waals surface area contributed by atoms with Gasteiger partial charge in [-0.3, -0.25) is 4.90 Å². The van der Waals surface area contributed by atoms with Crippen LogP contribution in [0.15, 0.2) is 0 Å². The largest absolute Gasteiger partial charge is 0.306 e. The van der Waals surface area contributed by atoms with Gasteiger partial charge in [0.15, 0.2) is 0 Å². The fraction of sp³-hybridized carbons (Fsp3) is 0.909. The molecule has 0 radical (unpaired) electrons. The summed E-state index contributed by atoms with van der Waals surface area (Å²) in [6.07, 6.45) is 3.19. The number of piperidine rings is 1. The maximum atomic E-state index is 8.57. The third-order valence-corrected chi connectivity index (χ3v) is 3.12. The fourth-order valence-corrected chi connectivity index (χ4v) is 2.15. The van der Waals surface area contributed by atoms with Gasteiger partial charge < -0.3 is 4.90 Å². The average molecular weight is 195 g/mol. The smallest absolute Gasteiger partial charge is 0.0635 e. The summed E-state index contributed by atoms with van der Waals surface area (Å²) in [5.74, 6) is 0. The van der Waals surface area contributed by atoms with Crippen LogP contribution in [-0.4, -0.2) is 49.1 Å². The summed E-state index contributed by atoms with van der Waals surface area (Å²) in [6.45, 7) is 6.62. The highest BCUT2D eigenvalue weighted by atomic mass is 15.2. The Kier molecular flexibility index (Phi) is 4.92. The molecule has 0 N–H and O–H groups in total. The van der Waals surface area contributed by atoms with Gasteiger partial charge in [-0.2, -0.15) is 5.26 Å². The van der Waals surface area contributed by atoms with E-state index < -0.39 is 0 Å². The molecule has 0 aromatic carbocycles. The Hall–Kier alpha value is -0.590. The molecule has 0 spiro atoms. The van der Waals surface area contributed by atoms with Crippen LogP contribution < -0.4 is 0 Å². The molecule has 80 valence electrons. The van der Waals surface area contributed by atoms with E-state index in [1.807, 2.05) is 0 Å². The van der Waals surface area contributed by atoms with Gasteiger partial charge in [0.2, 0.25) is 0 Å². The van der Waals surface area contributed by atoms with Crippen molar-refractivity contribution in [3.8, 4) is 6.07 Å². The van der Waals surface area contributed by atoms with Crippen LogP contribution in [0.4, 0.5) is 0 Å². The average Bonchev–Trinajstić information content (AvgIpc) is 2.21. The van der Waals surface area contributed by atoms with E-state index in [4.69, 9.17) is 5.26 Å². The molecule has 0 aromatic rings. The summed E-state index contributed by atoms with van der Waals surface area (Å²) in [5, 5.41) is 8.57. The van der Waals surface area contributed by atoms with Crippen molar-refractivity contribution in [1.29, 1.82) is 5.26 Å². The third-order valence-electron chi connectivity index (χ3n) is 3.12. The Bertz CT molecular complexity index is 189. The van der Waals surface area contributed by atoms with Gasteiger partial charge in [-0.15, -0.1) is 0 Å². The lowest BCUT2D eigenvalue weighted by Crippen LogP contribution is -2.43. The summed E-state index contributed by atoms with van der Waals surface area (Å²) >= 11 is 0. The number of rotatable bonds is 4. The summed E-state index contributed by atoms with van der Waals surface area (Å²) in [7, 11) is 2.18. The van der Waals surface area contributed by atoms with Gasteiger partial charge >= 0.3 is 0 Å². The van der Waals surface area contributed by atoms with Crippen LogP contribution in [0.3, 0.4) is 0 Å². The number of likely N-dealkylation sites (tertiary alicyclic amines) is 1. The van der Waals surface area contributed by atoms with Crippen molar-refractivity contribution < 1.29 is 0 Å². The number of nitriles is 1. The molecule has 1 aliphatic rings. The highest BCUT2D eigenvalue weighted by Gasteiger charge is 2.21. The quantitative estimate of drug-likeness (QED) is 0.677. The topological polar surface area (TPSA) is 30.3 Å². The second kappa shape index (κ2) is 6.00. The van der Waals surface area contributed by atoms with E-state index in [9.17, 15) is 0 Å². The van der Waals surface area contributed by atoms with E-state index in [0.29, 0.717) is 12.5 Å². The third kappa shape index (κ3) is 3.28. The van der Waals surface area contributed by atoms with Crippen LogP contribution >= 0.6 is 0 Å². The fourth-order valence-electron chi connectivity index (χ4n) is 2.15. The molecule has 0 atom stereocenters. The van der Waals surface area contributed by atoms with Crippen molar-refractivity contribution in [3.05, 3.63) is 0 Å². The Balaban J connectivity index is 2.33. The lowest BCUT2D eigenvalue weighted by molar-refractivity contribution is 0.128. The zero-order chi connectivity index (χ0) is 10.4. The molecule has 3 heteroatoms. The van der Waals surface area contributed by atoms with E-state index in [-0.39, 0.29) is 0 Å². The summed E-state index contributed by atoms with van der Waals surface area (Å²) < 4.78 is 0. The van der Waals surface area contributed by atoms with Gasteiger partial charge in [0.25, 0.3) is 0 Å². The molecule has 0 bridgehead atoms. The van der Waals surface area contributed by atoms with E-state index in [0.717, 1.165) is 13.1 Å². The molecule has 0 aliphatic carbocycles. The molecule has 0 aromatic heterocycles. The predicted molar refractivity (Wildman–Crippen MR) is 58.0 cm³/mol. The normalized spacial score (nSPS) is 19.9. The minimum Gasteiger partial charge on any atom is -0.306 e. The van der Waals surface area contributed by atoms with E-state index in [1.165, 1.54) is 25.9 Å². The lowest BCUT2D eigenvalue weighted by atomic mass is 10.0. The SMILES string of the molecule is CCN(CCC#N)C1CCN(C)CC1. The second-order valence-corrected chi connectivity index (χ2v) is 4.07. The first-order valence-electron chi connectivity index (χ1n) is 5.57. The Morgan fingerprint density at radius 2 is 2.07 bits per heavy atom. The minimum absolute atomic E-state index is 0.667. The summed E-state index contributed by atoms with van der Waals surface area (Å²) in [6, 6.07) is 2.94. The van der Waals surface area contributed by atoms with Crippen LogP contribution in [-0.2, 0) is 0 Å². The molecule has 0 amide bonds. The number of hydrogen-bond donors (Lipinski definition) is 0. The predicted octanol–water partition coefficient (Wildman–Crippen LogP) is 1.32. The molecule has 0 saturated carbocycles. The number of nitrogens with zero attached hydrogens (tertiary/aromatic N) is 3. The highest BCUT2D eigenvalue weighted by molar-refractivity contribution is 4.80. The first-order valence-corrected chi connectivity index (χ1v) is 5.57. The van der Waals surface area contributed by atoms with E-state index >= 15 is 0 Å². The van der Waals surface area contributed by atoms with Gasteiger partial charge in [0, 0.05) is 19.0 Å². The monoisotopic (exact) mass is 195 g/mol. The molecular formula is C11H21N3. The molecule has 1 saturated heterocycles. The van der Waals surface area contributed by atoms with Crippen molar-refractivity contribution in [2.45, 2.75) is 32.2 Å². The highest BCUT2D eigenvalue weighted by Crippen LogP contribution is 2.15. The Morgan fingerprint density at radius 1 is 1.43 bits per heavy atom. The molecule has 1 fully saturated rings. The Labute approximate surface area is 87.3 Å². The van der Waals surface area contributed by atoms with Gasteiger partial charge in [0.05, 0.1) is 6.07 Å². The maximum Gasteiger partial charge on any atom is 0.0635 e. The molecule has 1 rings (SSSR count). The van der Waals surface area contributed by atoms with Crippen LogP contribution in [0.1, 0.15) is 26.2 Å². The van der Waals surface area contributed by atoms with Crippen molar-refractivity contribution in [2.75, 3.05) is 33.2 Å². The number of hydrogen-bond acceptors (Lipinski definition) is 3.